The van der Waals surface area contributed by atoms with Crippen molar-refractivity contribution in [1.82, 2.24) is 29.6 Å². The van der Waals surface area contributed by atoms with Crippen molar-refractivity contribution in [3.8, 4) is 22.0 Å². The van der Waals surface area contributed by atoms with Crippen LogP contribution in [-0.4, -0.2) is 54.2 Å². The van der Waals surface area contributed by atoms with Gasteiger partial charge in [0, 0.05) is 49.4 Å². The smallest absolute Gasteiger partial charge is 0.375 e. The summed E-state index contributed by atoms with van der Waals surface area (Å²) >= 11 is 1.36. The van der Waals surface area contributed by atoms with Gasteiger partial charge in [0.05, 0.1) is 5.69 Å². The molecule has 1 atom stereocenters. The van der Waals surface area contributed by atoms with Crippen LogP contribution in [0.4, 0.5) is 24.9 Å². The lowest BCUT2D eigenvalue weighted by Crippen LogP contribution is -2.36. The van der Waals surface area contributed by atoms with E-state index in [0.29, 0.717) is 34.9 Å². The number of halogens is 3. The SMILES string of the molecule is CN1CCC(O)(c2cccc(-c3nc(-c4ccnc(Nc5ccn(C(F)(F)F)n5)n4)cs3)c2)C1=O. The van der Waals surface area contributed by atoms with E-state index in [1.54, 1.807) is 36.7 Å². The fraction of sp³-hybridized carbons (Fsp3) is 0.227. The lowest BCUT2D eigenvalue weighted by molar-refractivity contribution is -0.212. The zero-order valence-electron chi connectivity index (χ0n) is 18.2. The van der Waals surface area contributed by atoms with E-state index < -0.39 is 11.9 Å². The average Bonchev–Trinajstić information content (AvgIpc) is 3.57. The van der Waals surface area contributed by atoms with E-state index in [0.717, 1.165) is 17.8 Å². The number of thiazole rings is 1. The fourth-order valence-corrected chi connectivity index (χ4v) is 4.57. The van der Waals surface area contributed by atoms with E-state index in [1.807, 2.05) is 6.07 Å². The molecule has 1 amide bonds. The largest absolute Gasteiger partial charge is 0.504 e. The van der Waals surface area contributed by atoms with Gasteiger partial charge in [0.1, 0.15) is 10.7 Å². The number of aliphatic hydroxyl groups is 1. The van der Waals surface area contributed by atoms with E-state index >= 15 is 0 Å². The number of rotatable bonds is 5. The average molecular weight is 501 g/mol. The van der Waals surface area contributed by atoms with Crippen molar-refractivity contribution in [1.29, 1.82) is 0 Å². The molecular formula is C22H18F3N7O2S. The molecule has 1 unspecified atom stereocenters. The lowest BCUT2D eigenvalue weighted by Gasteiger charge is -2.21. The van der Waals surface area contributed by atoms with Crippen LogP contribution in [0.15, 0.2) is 54.2 Å². The number of alkyl halides is 3. The zero-order chi connectivity index (χ0) is 24.8. The molecule has 1 aliphatic heterocycles. The number of aromatic nitrogens is 5. The maximum atomic E-state index is 12.7. The molecule has 0 aliphatic carbocycles. The van der Waals surface area contributed by atoms with Crippen LogP contribution in [0.1, 0.15) is 12.0 Å². The van der Waals surface area contributed by atoms with Gasteiger partial charge in [-0.15, -0.1) is 29.6 Å². The number of hydrogen-bond donors (Lipinski definition) is 2. The third-order valence-corrected chi connectivity index (χ3v) is 6.50. The van der Waals surface area contributed by atoms with Crippen LogP contribution in [0.3, 0.4) is 0 Å². The molecule has 180 valence electrons. The van der Waals surface area contributed by atoms with Gasteiger partial charge in [-0.2, -0.15) is 4.68 Å². The molecule has 1 aliphatic rings. The van der Waals surface area contributed by atoms with Crippen LogP contribution in [0.5, 0.6) is 0 Å². The Morgan fingerprint density at radius 3 is 2.71 bits per heavy atom. The topological polar surface area (TPSA) is 109 Å². The molecule has 1 fully saturated rings. The van der Waals surface area contributed by atoms with E-state index in [1.165, 1.54) is 22.4 Å². The molecular weight excluding hydrogens is 483 g/mol. The summed E-state index contributed by atoms with van der Waals surface area (Å²) in [5.41, 5.74) is 0.684. The Labute approximate surface area is 200 Å². The Morgan fingerprint density at radius 1 is 1.17 bits per heavy atom. The molecule has 1 saturated heterocycles. The second kappa shape index (κ2) is 8.43. The first-order valence-corrected chi connectivity index (χ1v) is 11.3. The minimum absolute atomic E-state index is 0.0553. The number of nitrogens with zero attached hydrogens (tertiary/aromatic N) is 6. The summed E-state index contributed by atoms with van der Waals surface area (Å²) in [5, 5.41) is 19.5. The van der Waals surface area contributed by atoms with Crippen molar-refractivity contribution < 1.29 is 23.1 Å². The number of hydrogen-bond acceptors (Lipinski definition) is 8. The quantitative estimate of drug-likeness (QED) is 0.429. The van der Waals surface area contributed by atoms with Gasteiger partial charge in [0.2, 0.25) is 5.95 Å². The monoisotopic (exact) mass is 501 g/mol. The van der Waals surface area contributed by atoms with Crippen molar-refractivity contribution >= 4 is 29.0 Å². The van der Waals surface area contributed by atoms with Gasteiger partial charge in [0.15, 0.2) is 11.4 Å². The Balaban J connectivity index is 1.38. The van der Waals surface area contributed by atoms with Gasteiger partial charge in [-0.3, -0.25) is 4.79 Å². The maximum absolute atomic E-state index is 12.7. The van der Waals surface area contributed by atoms with Crippen molar-refractivity contribution in [2.24, 2.45) is 0 Å². The number of likely N-dealkylation sites (tertiary alicyclic amines) is 1. The van der Waals surface area contributed by atoms with Crippen molar-refractivity contribution in [3.63, 3.8) is 0 Å². The molecule has 0 spiro atoms. The highest BCUT2D eigenvalue weighted by atomic mass is 32.1. The molecule has 9 nitrogen and oxygen atoms in total. The van der Waals surface area contributed by atoms with Crippen molar-refractivity contribution in [2.45, 2.75) is 18.3 Å². The van der Waals surface area contributed by atoms with Crippen LogP contribution in [0, 0.1) is 0 Å². The van der Waals surface area contributed by atoms with E-state index in [4.69, 9.17) is 0 Å². The lowest BCUT2D eigenvalue weighted by atomic mass is 9.91. The Morgan fingerprint density at radius 2 is 2.00 bits per heavy atom. The number of amides is 1. The maximum Gasteiger partial charge on any atom is 0.504 e. The first-order valence-electron chi connectivity index (χ1n) is 10.4. The van der Waals surface area contributed by atoms with Gasteiger partial charge in [-0.05, 0) is 17.7 Å². The van der Waals surface area contributed by atoms with Gasteiger partial charge < -0.3 is 15.3 Å². The molecule has 0 bridgehead atoms. The van der Waals surface area contributed by atoms with Crippen LogP contribution >= 0.6 is 11.3 Å². The van der Waals surface area contributed by atoms with Crippen LogP contribution in [0.2, 0.25) is 0 Å². The van der Waals surface area contributed by atoms with Gasteiger partial charge >= 0.3 is 6.30 Å². The first kappa shape index (κ1) is 22.9. The zero-order valence-corrected chi connectivity index (χ0v) is 19.0. The predicted octanol–water partition coefficient (Wildman–Crippen LogP) is 3.73. The second-order valence-electron chi connectivity index (χ2n) is 7.96. The number of nitrogens with one attached hydrogen (secondary N) is 1. The molecule has 4 aromatic rings. The predicted molar refractivity (Wildman–Crippen MR) is 122 cm³/mol. The molecule has 0 radical (unpaired) electrons. The summed E-state index contributed by atoms with van der Waals surface area (Å²) in [7, 11) is 1.66. The molecule has 0 saturated carbocycles. The number of benzene rings is 1. The summed E-state index contributed by atoms with van der Waals surface area (Å²) in [4.78, 5) is 26.9. The Bertz CT molecular complexity index is 1400. The highest BCUT2D eigenvalue weighted by molar-refractivity contribution is 7.13. The number of anilines is 2. The van der Waals surface area contributed by atoms with Crippen molar-refractivity contribution in [3.05, 3.63) is 59.7 Å². The van der Waals surface area contributed by atoms with E-state index in [-0.39, 0.29) is 22.4 Å². The summed E-state index contributed by atoms with van der Waals surface area (Å²) in [6.07, 6.45) is -2.05. The first-order chi connectivity index (χ1) is 16.6. The fourth-order valence-electron chi connectivity index (χ4n) is 3.76. The van der Waals surface area contributed by atoms with Gasteiger partial charge in [-0.25, -0.2) is 15.0 Å². The van der Waals surface area contributed by atoms with Gasteiger partial charge in [-0.1, -0.05) is 18.2 Å². The summed E-state index contributed by atoms with van der Waals surface area (Å²) in [5.74, 6) is -0.326. The molecule has 1 aromatic carbocycles. The Kier molecular flexibility index (Phi) is 5.52. The molecule has 4 heterocycles. The minimum atomic E-state index is -4.62. The van der Waals surface area contributed by atoms with Crippen LogP contribution < -0.4 is 5.32 Å². The number of carbonyl (C=O) groups is 1. The summed E-state index contributed by atoms with van der Waals surface area (Å²) in [6, 6.07) is 9.87. The van der Waals surface area contributed by atoms with Crippen LogP contribution in [0.25, 0.3) is 22.0 Å². The highest BCUT2D eigenvalue weighted by Crippen LogP contribution is 2.36. The summed E-state index contributed by atoms with van der Waals surface area (Å²) in [6.45, 7) is 0.474. The molecule has 13 heteroatoms. The third-order valence-electron chi connectivity index (χ3n) is 5.61. The molecule has 2 N–H and O–H groups in total. The third kappa shape index (κ3) is 4.35. The number of carbonyl (C=O) groups excluding carboxylic acids is 1. The molecule has 35 heavy (non-hydrogen) atoms. The van der Waals surface area contributed by atoms with Crippen LogP contribution in [-0.2, 0) is 16.7 Å². The molecule has 3 aromatic heterocycles. The standard InChI is InChI=1S/C22H18F3N7O2S/c1-31-10-7-21(34,19(31)33)14-4-2-3-13(11-14)18-27-16(12-35-18)15-5-8-26-20(28-15)29-17-6-9-32(30-17)22(23,24)25/h2-6,8-9,11-12,34H,7,10H2,1H3,(H,26,28,29,30). The van der Waals surface area contributed by atoms with E-state index in [9.17, 15) is 23.1 Å². The van der Waals surface area contributed by atoms with Gasteiger partial charge in [0.25, 0.3) is 5.91 Å². The normalized spacial score (nSPS) is 18.3. The second-order valence-corrected chi connectivity index (χ2v) is 8.82. The van der Waals surface area contributed by atoms with E-state index in [2.05, 4.69) is 25.4 Å². The minimum Gasteiger partial charge on any atom is -0.375 e. The summed E-state index contributed by atoms with van der Waals surface area (Å²) < 4.78 is 38.1. The molecule has 5 rings (SSSR count). The van der Waals surface area contributed by atoms with Crippen molar-refractivity contribution in [2.75, 3.05) is 18.9 Å². The Hall–Kier alpha value is -3.84. The number of likely N-dealkylation sites (N-methyl/N-ethyl adjacent to an activating group) is 1. The highest BCUT2D eigenvalue weighted by Gasteiger charge is 2.45.